The smallest absolute Gasteiger partial charge is 0.227 e. The van der Waals surface area contributed by atoms with Gasteiger partial charge in [-0.05, 0) is 26.7 Å². The normalized spacial score (nSPS) is 11.7. The summed E-state index contributed by atoms with van der Waals surface area (Å²) in [5, 5.41) is 7.37. The summed E-state index contributed by atoms with van der Waals surface area (Å²) in [5.41, 5.74) is 8.49. The summed E-state index contributed by atoms with van der Waals surface area (Å²) in [7, 11) is 1.91. The fraction of sp³-hybridized carbons (Fsp3) is 0.714. The van der Waals surface area contributed by atoms with Crippen LogP contribution in [0.5, 0.6) is 0 Å². The largest absolute Gasteiger partial charge is 0.351 e. The molecule has 108 valence electrons. The van der Waals surface area contributed by atoms with Gasteiger partial charge in [0.15, 0.2) is 0 Å². The van der Waals surface area contributed by atoms with Crippen LogP contribution in [0.15, 0.2) is 0 Å². The van der Waals surface area contributed by atoms with Gasteiger partial charge >= 0.3 is 0 Å². The molecule has 3 N–H and O–H groups in total. The SMILES string of the molecule is CCC(CC)(CN)C(=O)NCc1c(C)nn(C)c1C. The van der Waals surface area contributed by atoms with E-state index in [2.05, 4.69) is 10.4 Å². The quantitative estimate of drug-likeness (QED) is 0.818. The Morgan fingerprint density at radius 2 is 1.95 bits per heavy atom. The summed E-state index contributed by atoms with van der Waals surface area (Å²) >= 11 is 0. The number of aromatic nitrogens is 2. The third-order valence-electron chi connectivity index (χ3n) is 4.31. The van der Waals surface area contributed by atoms with Crippen molar-refractivity contribution in [3.8, 4) is 0 Å². The lowest BCUT2D eigenvalue weighted by Gasteiger charge is -2.28. The summed E-state index contributed by atoms with van der Waals surface area (Å²) in [6.07, 6.45) is 1.52. The van der Waals surface area contributed by atoms with Gasteiger partial charge in [0.25, 0.3) is 0 Å². The third kappa shape index (κ3) is 2.97. The first-order chi connectivity index (χ1) is 8.91. The van der Waals surface area contributed by atoms with Crippen molar-refractivity contribution in [1.82, 2.24) is 15.1 Å². The van der Waals surface area contributed by atoms with Gasteiger partial charge in [0.1, 0.15) is 0 Å². The first kappa shape index (κ1) is 15.7. The van der Waals surface area contributed by atoms with E-state index in [-0.39, 0.29) is 5.91 Å². The molecule has 0 aliphatic heterocycles. The van der Waals surface area contributed by atoms with E-state index in [4.69, 9.17) is 5.73 Å². The van der Waals surface area contributed by atoms with Crippen molar-refractivity contribution in [3.63, 3.8) is 0 Å². The van der Waals surface area contributed by atoms with Crippen molar-refractivity contribution in [2.75, 3.05) is 6.54 Å². The first-order valence-corrected chi connectivity index (χ1v) is 6.89. The van der Waals surface area contributed by atoms with Crippen LogP contribution in [0, 0.1) is 19.3 Å². The Morgan fingerprint density at radius 1 is 1.37 bits per heavy atom. The van der Waals surface area contributed by atoms with Crippen LogP contribution in [0.1, 0.15) is 43.6 Å². The first-order valence-electron chi connectivity index (χ1n) is 6.89. The van der Waals surface area contributed by atoms with Crippen LogP contribution in [0.3, 0.4) is 0 Å². The molecule has 0 aromatic carbocycles. The minimum atomic E-state index is -0.440. The fourth-order valence-electron chi connectivity index (χ4n) is 2.38. The van der Waals surface area contributed by atoms with Gasteiger partial charge in [-0.15, -0.1) is 0 Å². The monoisotopic (exact) mass is 266 g/mol. The summed E-state index contributed by atoms with van der Waals surface area (Å²) in [6, 6.07) is 0. The predicted molar refractivity (Wildman–Crippen MR) is 76.6 cm³/mol. The van der Waals surface area contributed by atoms with Crippen LogP contribution in [-0.4, -0.2) is 22.2 Å². The Kier molecular flexibility index (Phi) is 5.11. The zero-order valence-corrected chi connectivity index (χ0v) is 12.7. The number of hydrogen-bond donors (Lipinski definition) is 2. The Labute approximate surface area is 115 Å². The van der Waals surface area contributed by atoms with Crippen LogP contribution >= 0.6 is 0 Å². The average molecular weight is 266 g/mol. The third-order valence-corrected chi connectivity index (χ3v) is 4.31. The number of amides is 1. The molecule has 5 nitrogen and oxygen atoms in total. The molecule has 0 saturated carbocycles. The van der Waals surface area contributed by atoms with Gasteiger partial charge in [-0.3, -0.25) is 9.48 Å². The summed E-state index contributed by atoms with van der Waals surface area (Å²) in [5.74, 6) is 0.0441. The topological polar surface area (TPSA) is 72.9 Å². The van der Waals surface area contributed by atoms with Crippen molar-refractivity contribution < 1.29 is 4.79 Å². The van der Waals surface area contributed by atoms with Crippen molar-refractivity contribution in [1.29, 1.82) is 0 Å². The predicted octanol–water partition coefficient (Wildman–Crippen LogP) is 1.42. The number of rotatable bonds is 6. The molecule has 1 aromatic rings. The maximum Gasteiger partial charge on any atom is 0.227 e. The minimum Gasteiger partial charge on any atom is -0.351 e. The van der Waals surface area contributed by atoms with Crippen molar-refractivity contribution in [2.24, 2.45) is 18.2 Å². The maximum atomic E-state index is 12.3. The van der Waals surface area contributed by atoms with E-state index in [0.717, 1.165) is 29.8 Å². The van der Waals surface area contributed by atoms with E-state index in [0.29, 0.717) is 13.1 Å². The highest BCUT2D eigenvalue weighted by Crippen LogP contribution is 2.25. The standard InChI is InChI=1S/C14H26N4O/c1-6-14(7-2,9-15)13(19)16-8-12-10(3)17-18(5)11(12)4/h6-9,15H2,1-5H3,(H,16,19). The van der Waals surface area contributed by atoms with Gasteiger partial charge < -0.3 is 11.1 Å². The minimum absolute atomic E-state index is 0.0441. The van der Waals surface area contributed by atoms with Crippen molar-refractivity contribution >= 4 is 5.91 Å². The van der Waals surface area contributed by atoms with E-state index in [1.54, 1.807) is 0 Å². The Hall–Kier alpha value is -1.36. The molecule has 0 bridgehead atoms. The molecule has 0 radical (unpaired) electrons. The molecule has 0 fully saturated rings. The maximum absolute atomic E-state index is 12.3. The number of carbonyl (C=O) groups excluding carboxylic acids is 1. The fourth-order valence-corrected chi connectivity index (χ4v) is 2.38. The molecule has 1 rings (SSSR count). The average Bonchev–Trinajstić information content (AvgIpc) is 2.64. The molecule has 0 atom stereocenters. The lowest BCUT2D eigenvalue weighted by molar-refractivity contribution is -0.131. The van der Waals surface area contributed by atoms with Crippen molar-refractivity contribution in [2.45, 2.75) is 47.1 Å². The van der Waals surface area contributed by atoms with Crippen LogP contribution in [0.25, 0.3) is 0 Å². The summed E-state index contributed by atoms with van der Waals surface area (Å²) in [6.45, 7) is 8.90. The second-order valence-electron chi connectivity index (χ2n) is 5.15. The molecule has 0 aliphatic rings. The number of carbonyl (C=O) groups is 1. The second kappa shape index (κ2) is 6.19. The Morgan fingerprint density at radius 3 is 2.32 bits per heavy atom. The lowest BCUT2D eigenvalue weighted by Crippen LogP contribution is -2.45. The Bertz CT molecular complexity index is 438. The lowest BCUT2D eigenvalue weighted by atomic mass is 9.81. The van der Waals surface area contributed by atoms with Gasteiger partial charge in [-0.1, -0.05) is 13.8 Å². The van der Waals surface area contributed by atoms with Crippen LogP contribution in [0.2, 0.25) is 0 Å². The highest BCUT2D eigenvalue weighted by Gasteiger charge is 2.33. The molecule has 5 heteroatoms. The second-order valence-corrected chi connectivity index (χ2v) is 5.15. The van der Waals surface area contributed by atoms with Crippen LogP contribution in [-0.2, 0) is 18.4 Å². The van der Waals surface area contributed by atoms with Gasteiger partial charge in [0.2, 0.25) is 5.91 Å². The van der Waals surface area contributed by atoms with E-state index in [1.807, 2.05) is 39.4 Å². The number of nitrogens with zero attached hydrogens (tertiary/aromatic N) is 2. The summed E-state index contributed by atoms with van der Waals surface area (Å²) in [4.78, 5) is 12.3. The van der Waals surface area contributed by atoms with E-state index < -0.39 is 5.41 Å². The van der Waals surface area contributed by atoms with E-state index in [9.17, 15) is 4.79 Å². The molecule has 1 heterocycles. The number of aryl methyl sites for hydroxylation is 2. The van der Waals surface area contributed by atoms with Gasteiger partial charge in [0, 0.05) is 31.4 Å². The summed E-state index contributed by atoms with van der Waals surface area (Å²) < 4.78 is 1.84. The molecule has 0 spiro atoms. The van der Waals surface area contributed by atoms with Gasteiger partial charge in [-0.25, -0.2) is 0 Å². The van der Waals surface area contributed by atoms with Gasteiger partial charge in [0.05, 0.1) is 11.1 Å². The Balaban J connectivity index is 2.79. The van der Waals surface area contributed by atoms with Gasteiger partial charge in [-0.2, -0.15) is 5.10 Å². The zero-order chi connectivity index (χ0) is 14.6. The molecule has 0 saturated heterocycles. The molecule has 0 aliphatic carbocycles. The molecular weight excluding hydrogens is 240 g/mol. The number of nitrogens with one attached hydrogen (secondary N) is 1. The molecular formula is C14H26N4O. The highest BCUT2D eigenvalue weighted by molar-refractivity contribution is 5.82. The highest BCUT2D eigenvalue weighted by atomic mass is 16.2. The number of nitrogens with two attached hydrogens (primary N) is 1. The van der Waals surface area contributed by atoms with E-state index in [1.165, 1.54) is 0 Å². The van der Waals surface area contributed by atoms with Crippen LogP contribution in [0.4, 0.5) is 0 Å². The molecule has 1 amide bonds. The van der Waals surface area contributed by atoms with E-state index >= 15 is 0 Å². The molecule has 0 unspecified atom stereocenters. The number of hydrogen-bond acceptors (Lipinski definition) is 3. The van der Waals surface area contributed by atoms with Crippen LogP contribution < -0.4 is 11.1 Å². The van der Waals surface area contributed by atoms with Crippen molar-refractivity contribution in [3.05, 3.63) is 17.0 Å². The molecule has 1 aromatic heterocycles. The zero-order valence-electron chi connectivity index (χ0n) is 12.7. The molecule has 19 heavy (non-hydrogen) atoms.